The zero-order valence-electron chi connectivity index (χ0n) is 9.24. The van der Waals surface area contributed by atoms with E-state index in [9.17, 15) is 0 Å². The van der Waals surface area contributed by atoms with Gasteiger partial charge >= 0.3 is 0 Å². The molecule has 16 heavy (non-hydrogen) atoms. The molecule has 0 aliphatic heterocycles. The second kappa shape index (κ2) is 4.92. The van der Waals surface area contributed by atoms with Crippen LogP contribution in [0.1, 0.15) is 23.6 Å². The Bertz CT molecular complexity index is 488. The van der Waals surface area contributed by atoms with Crippen molar-refractivity contribution in [1.82, 2.24) is 0 Å². The summed E-state index contributed by atoms with van der Waals surface area (Å²) in [6, 6.07) is 5.40. The first-order valence-electron chi connectivity index (χ1n) is 4.76. The van der Waals surface area contributed by atoms with Crippen LogP contribution in [0.4, 0.5) is 0 Å². The van der Waals surface area contributed by atoms with E-state index in [2.05, 4.69) is 11.8 Å². The molecule has 1 aromatic carbocycles. The maximum Gasteiger partial charge on any atom is 0.181 e. The lowest BCUT2D eigenvalue weighted by Crippen LogP contribution is -2.08. The Hall–Kier alpha value is -2.37. The van der Waals surface area contributed by atoms with E-state index in [1.807, 2.05) is 13.0 Å². The van der Waals surface area contributed by atoms with Gasteiger partial charge in [0, 0.05) is 11.1 Å². The number of rotatable bonds is 2. The minimum atomic E-state index is -0.529. The minimum absolute atomic E-state index is 0.528. The van der Waals surface area contributed by atoms with E-state index in [-0.39, 0.29) is 0 Å². The molecule has 2 heteroatoms. The minimum Gasteiger partial charge on any atom is -0.476 e. The van der Waals surface area contributed by atoms with Gasteiger partial charge in [-0.05, 0) is 31.5 Å². The number of terminal acetylenes is 2. The molecule has 0 bridgehead atoms. The van der Waals surface area contributed by atoms with Gasteiger partial charge in [-0.3, -0.25) is 0 Å². The molecule has 0 N–H and O–H groups in total. The zero-order chi connectivity index (χ0) is 12.1. The van der Waals surface area contributed by atoms with E-state index >= 15 is 0 Å². The van der Waals surface area contributed by atoms with Crippen molar-refractivity contribution in [3.8, 4) is 36.5 Å². The van der Waals surface area contributed by atoms with Gasteiger partial charge in [-0.1, -0.05) is 11.8 Å². The highest BCUT2D eigenvalue weighted by atomic mass is 16.5. The van der Waals surface area contributed by atoms with Crippen LogP contribution in [0.3, 0.4) is 0 Å². The molecule has 1 unspecified atom stereocenters. The summed E-state index contributed by atoms with van der Waals surface area (Å²) in [6.45, 7) is 3.52. The van der Waals surface area contributed by atoms with Crippen LogP contribution in [-0.4, -0.2) is 6.10 Å². The molecule has 2 nitrogen and oxygen atoms in total. The van der Waals surface area contributed by atoms with Gasteiger partial charge in [0.2, 0.25) is 0 Å². The first-order valence-corrected chi connectivity index (χ1v) is 4.76. The summed E-state index contributed by atoms with van der Waals surface area (Å²) >= 11 is 0. The molecule has 0 radical (unpaired) electrons. The molecule has 0 amide bonds. The van der Waals surface area contributed by atoms with E-state index in [1.165, 1.54) is 0 Å². The maximum atomic E-state index is 8.65. The van der Waals surface area contributed by atoms with Crippen LogP contribution in [0.25, 0.3) is 0 Å². The van der Waals surface area contributed by atoms with E-state index in [0.717, 1.165) is 5.56 Å². The fraction of sp³-hybridized carbons (Fsp3) is 0.214. The zero-order valence-corrected chi connectivity index (χ0v) is 9.24. The number of nitrogens with zero attached hydrogens (tertiary/aromatic N) is 1. The molecule has 0 aliphatic rings. The monoisotopic (exact) mass is 209 g/mol. The second-order valence-corrected chi connectivity index (χ2v) is 3.32. The van der Waals surface area contributed by atoms with Gasteiger partial charge in [0.05, 0.1) is 0 Å². The van der Waals surface area contributed by atoms with E-state index in [0.29, 0.717) is 16.9 Å². The Morgan fingerprint density at radius 2 is 1.75 bits per heavy atom. The van der Waals surface area contributed by atoms with Crippen LogP contribution in [0.2, 0.25) is 0 Å². The van der Waals surface area contributed by atoms with Gasteiger partial charge in [-0.2, -0.15) is 5.26 Å². The first-order chi connectivity index (χ1) is 7.62. The van der Waals surface area contributed by atoms with Crippen LogP contribution in [-0.2, 0) is 0 Å². The van der Waals surface area contributed by atoms with Crippen molar-refractivity contribution >= 4 is 0 Å². The highest BCUT2D eigenvalue weighted by Gasteiger charge is 2.07. The van der Waals surface area contributed by atoms with Crippen LogP contribution in [0, 0.1) is 42.9 Å². The average molecular weight is 209 g/mol. The van der Waals surface area contributed by atoms with Gasteiger partial charge in [0.25, 0.3) is 0 Å². The van der Waals surface area contributed by atoms with Crippen LogP contribution in [0.5, 0.6) is 5.75 Å². The number of nitriles is 1. The lowest BCUT2D eigenvalue weighted by Gasteiger charge is -2.10. The number of ether oxygens (including phenoxy) is 1. The molecular weight excluding hydrogens is 198 g/mol. The SMILES string of the molecule is C#Cc1cc(OC(C)C#N)cc(C#C)c1C. The molecule has 0 spiro atoms. The Labute approximate surface area is 95.9 Å². The van der Waals surface area contributed by atoms with Crippen molar-refractivity contribution in [3.63, 3.8) is 0 Å². The van der Waals surface area contributed by atoms with Gasteiger partial charge in [-0.15, -0.1) is 12.8 Å². The topological polar surface area (TPSA) is 33.0 Å². The Kier molecular flexibility index (Phi) is 3.60. The Morgan fingerprint density at radius 3 is 2.12 bits per heavy atom. The van der Waals surface area contributed by atoms with Crippen LogP contribution >= 0.6 is 0 Å². The largest absolute Gasteiger partial charge is 0.476 e. The third kappa shape index (κ3) is 2.35. The van der Waals surface area contributed by atoms with Crippen molar-refractivity contribution in [2.24, 2.45) is 0 Å². The van der Waals surface area contributed by atoms with E-state index < -0.39 is 6.10 Å². The lowest BCUT2D eigenvalue weighted by atomic mass is 10.0. The summed E-state index contributed by atoms with van der Waals surface area (Å²) in [6.07, 6.45) is 10.2. The maximum absolute atomic E-state index is 8.65. The summed E-state index contributed by atoms with van der Waals surface area (Å²) in [4.78, 5) is 0. The van der Waals surface area contributed by atoms with Crippen molar-refractivity contribution in [3.05, 3.63) is 28.8 Å². The number of hydrogen-bond donors (Lipinski definition) is 0. The Balaban J connectivity index is 3.21. The first kappa shape index (κ1) is 11.7. The molecule has 1 rings (SSSR count). The third-order valence-electron chi connectivity index (χ3n) is 2.19. The Morgan fingerprint density at radius 1 is 1.25 bits per heavy atom. The summed E-state index contributed by atoms with van der Waals surface area (Å²) in [5.41, 5.74) is 2.26. The predicted molar refractivity (Wildman–Crippen MR) is 62.8 cm³/mol. The summed E-state index contributed by atoms with van der Waals surface area (Å²) < 4.78 is 5.35. The quantitative estimate of drug-likeness (QED) is 0.700. The highest BCUT2D eigenvalue weighted by molar-refractivity contribution is 5.54. The standard InChI is InChI=1S/C14H11NO/c1-5-12-7-14(16-10(3)9-15)8-13(6-2)11(12)4/h1-2,7-8,10H,3-4H3. The second-order valence-electron chi connectivity index (χ2n) is 3.32. The van der Waals surface area contributed by atoms with Gasteiger partial charge in [0.1, 0.15) is 11.8 Å². The van der Waals surface area contributed by atoms with Gasteiger partial charge in [-0.25, -0.2) is 0 Å². The fourth-order valence-electron chi connectivity index (χ4n) is 1.29. The molecule has 0 heterocycles. The molecule has 1 atom stereocenters. The molecule has 0 fully saturated rings. The molecular formula is C14H11NO. The molecule has 0 aliphatic carbocycles. The average Bonchev–Trinajstić information content (AvgIpc) is 2.30. The summed E-state index contributed by atoms with van der Waals surface area (Å²) in [5.74, 6) is 5.61. The lowest BCUT2D eigenvalue weighted by molar-refractivity contribution is 0.276. The molecule has 0 saturated heterocycles. The van der Waals surface area contributed by atoms with Crippen molar-refractivity contribution in [1.29, 1.82) is 5.26 Å². The van der Waals surface area contributed by atoms with Crippen molar-refractivity contribution < 1.29 is 4.74 Å². The van der Waals surface area contributed by atoms with E-state index in [4.69, 9.17) is 22.8 Å². The fourth-order valence-corrected chi connectivity index (χ4v) is 1.29. The van der Waals surface area contributed by atoms with Crippen molar-refractivity contribution in [2.75, 3.05) is 0 Å². The molecule has 0 saturated carbocycles. The summed E-state index contributed by atoms with van der Waals surface area (Å²) in [7, 11) is 0. The smallest absolute Gasteiger partial charge is 0.181 e. The third-order valence-corrected chi connectivity index (χ3v) is 2.19. The molecule has 0 aromatic heterocycles. The van der Waals surface area contributed by atoms with Crippen LogP contribution < -0.4 is 4.74 Å². The number of benzene rings is 1. The van der Waals surface area contributed by atoms with E-state index in [1.54, 1.807) is 19.1 Å². The van der Waals surface area contributed by atoms with Crippen molar-refractivity contribution in [2.45, 2.75) is 20.0 Å². The molecule has 78 valence electrons. The van der Waals surface area contributed by atoms with Gasteiger partial charge in [0.15, 0.2) is 6.10 Å². The highest BCUT2D eigenvalue weighted by Crippen LogP contribution is 2.22. The number of hydrogen-bond acceptors (Lipinski definition) is 2. The van der Waals surface area contributed by atoms with Gasteiger partial charge < -0.3 is 4.74 Å². The summed E-state index contributed by atoms with van der Waals surface area (Å²) in [5, 5.41) is 8.65. The normalized spacial score (nSPS) is 10.7. The predicted octanol–water partition coefficient (Wildman–Crippen LogP) is 2.25. The molecule has 1 aromatic rings. The van der Waals surface area contributed by atoms with Crippen LogP contribution in [0.15, 0.2) is 12.1 Å².